The van der Waals surface area contributed by atoms with Gasteiger partial charge in [-0.05, 0) is 74.0 Å². The van der Waals surface area contributed by atoms with Gasteiger partial charge in [0.05, 0.1) is 18.2 Å². The first kappa shape index (κ1) is 23.1. The SMILES string of the molecule is C[Si]1O[Si](C)O[Si](C)(CCCOc2ccc(-c3ccc(C#N)cc3)cc2)O[Si](C)O1. The van der Waals surface area contributed by atoms with Gasteiger partial charge in [-0.2, -0.15) is 5.26 Å². The van der Waals surface area contributed by atoms with Crippen molar-refractivity contribution in [1.29, 1.82) is 5.26 Å². The van der Waals surface area contributed by atoms with E-state index < -0.39 is 36.4 Å². The van der Waals surface area contributed by atoms with Crippen molar-refractivity contribution < 1.29 is 21.2 Å². The fourth-order valence-corrected chi connectivity index (χ4v) is 15.1. The van der Waals surface area contributed by atoms with E-state index in [9.17, 15) is 0 Å². The van der Waals surface area contributed by atoms with Crippen molar-refractivity contribution in [2.24, 2.45) is 0 Å². The number of ether oxygens (including phenoxy) is 1. The molecular formula is C20H26NO5Si4. The zero-order valence-corrected chi connectivity index (χ0v) is 21.7. The Morgan fingerprint density at radius 3 is 1.93 bits per heavy atom. The predicted octanol–water partition coefficient (Wildman–Crippen LogP) is 4.50. The van der Waals surface area contributed by atoms with Crippen molar-refractivity contribution in [3.8, 4) is 22.9 Å². The lowest BCUT2D eigenvalue weighted by Gasteiger charge is -2.35. The highest BCUT2D eigenvalue weighted by Gasteiger charge is 2.40. The van der Waals surface area contributed by atoms with Crippen LogP contribution in [0, 0.1) is 11.3 Å². The summed E-state index contributed by atoms with van der Waals surface area (Å²) in [6.45, 7) is 8.71. The maximum atomic E-state index is 8.91. The largest absolute Gasteiger partial charge is 0.494 e. The quantitative estimate of drug-likeness (QED) is 0.455. The molecule has 10 heteroatoms. The van der Waals surface area contributed by atoms with E-state index in [4.69, 9.17) is 26.5 Å². The Bertz CT molecular complexity index is 845. The van der Waals surface area contributed by atoms with Crippen molar-refractivity contribution >= 4 is 36.4 Å². The molecule has 2 aromatic rings. The molecule has 1 fully saturated rings. The normalized spacial score (nSPS) is 18.4. The standard InChI is InChI=1S/C20H26NO5Si4/c1-27-23-28(2)25-30(4,26-29(3)24-27)15-5-14-22-20-12-10-19(11-13-20)18-8-6-17(16-21)7-9-18/h6-13H,5,14-15H2,1-4H3. The molecule has 1 heterocycles. The van der Waals surface area contributed by atoms with Crippen molar-refractivity contribution in [3.05, 3.63) is 54.1 Å². The molecule has 3 radical (unpaired) electrons. The highest BCUT2D eigenvalue weighted by Crippen LogP contribution is 2.24. The van der Waals surface area contributed by atoms with Gasteiger partial charge in [-0.1, -0.05) is 24.3 Å². The van der Waals surface area contributed by atoms with Gasteiger partial charge in [0.25, 0.3) is 0 Å². The van der Waals surface area contributed by atoms with Crippen molar-refractivity contribution in [2.75, 3.05) is 6.61 Å². The molecule has 0 unspecified atom stereocenters. The summed E-state index contributed by atoms with van der Waals surface area (Å²) in [4.78, 5) is 0. The van der Waals surface area contributed by atoms with Gasteiger partial charge in [0.1, 0.15) is 5.75 Å². The van der Waals surface area contributed by atoms with Crippen LogP contribution in [0.3, 0.4) is 0 Å². The van der Waals surface area contributed by atoms with E-state index in [1.54, 1.807) is 0 Å². The molecule has 1 aliphatic heterocycles. The molecule has 3 rings (SSSR count). The molecular weight excluding hydrogens is 447 g/mol. The average Bonchev–Trinajstić information content (AvgIpc) is 2.70. The summed E-state index contributed by atoms with van der Waals surface area (Å²) in [7, 11) is -6.26. The molecule has 2 aromatic carbocycles. The van der Waals surface area contributed by atoms with E-state index in [1.165, 1.54) is 0 Å². The minimum absolute atomic E-state index is 0.605. The molecule has 0 bridgehead atoms. The maximum Gasteiger partial charge on any atom is 0.362 e. The number of hydrogen-bond acceptors (Lipinski definition) is 6. The summed E-state index contributed by atoms with van der Waals surface area (Å²) in [5, 5.41) is 8.91. The topological polar surface area (TPSA) is 69.9 Å². The third-order valence-corrected chi connectivity index (χ3v) is 16.2. The van der Waals surface area contributed by atoms with Gasteiger partial charge in [0.15, 0.2) is 0 Å². The van der Waals surface area contributed by atoms with E-state index in [1.807, 2.05) is 68.2 Å². The third kappa shape index (κ3) is 6.72. The Kier molecular flexibility index (Phi) is 8.20. The Morgan fingerprint density at radius 2 is 1.40 bits per heavy atom. The van der Waals surface area contributed by atoms with Crippen LogP contribution in [0.5, 0.6) is 5.75 Å². The van der Waals surface area contributed by atoms with Crippen LogP contribution in [0.4, 0.5) is 0 Å². The molecule has 0 N–H and O–H groups in total. The van der Waals surface area contributed by atoms with Crippen molar-refractivity contribution in [3.63, 3.8) is 0 Å². The second-order valence-electron chi connectivity index (χ2n) is 7.18. The first-order valence-corrected chi connectivity index (χ1v) is 17.8. The van der Waals surface area contributed by atoms with E-state index >= 15 is 0 Å². The highest BCUT2D eigenvalue weighted by atomic mass is 28.5. The molecule has 0 saturated carbocycles. The first-order valence-electron chi connectivity index (χ1n) is 9.85. The van der Waals surface area contributed by atoms with Crippen LogP contribution in [0.25, 0.3) is 11.1 Å². The maximum absolute atomic E-state index is 8.91. The van der Waals surface area contributed by atoms with Gasteiger partial charge < -0.3 is 21.2 Å². The summed E-state index contributed by atoms with van der Waals surface area (Å²) in [5.74, 6) is 0.837. The predicted molar refractivity (Wildman–Crippen MR) is 122 cm³/mol. The Hall–Kier alpha value is -1.56. The van der Waals surface area contributed by atoms with Crippen LogP contribution < -0.4 is 4.74 Å². The van der Waals surface area contributed by atoms with Gasteiger partial charge in [0.2, 0.25) is 0 Å². The lowest BCUT2D eigenvalue weighted by molar-refractivity contribution is 0.266. The number of nitrogens with zero attached hydrogens (tertiary/aromatic N) is 1. The van der Waals surface area contributed by atoms with Crippen LogP contribution in [0.2, 0.25) is 32.2 Å². The van der Waals surface area contributed by atoms with Crippen molar-refractivity contribution in [1.82, 2.24) is 0 Å². The molecule has 0 aliphatic carbocycles. The van der Waals surface area contributed by atoms with Crippen LogP contribution in [-0.2, 0) is 16.5 Å². The fourth-order valence-electron chi connectivity index (χ4n) is 3.26. The second-order valence-corrected chi connectivity index (χ2v) is 16.2. The third-order valence-electron chi connectivity index (χ3n) is 4.54. The van der Waals surface area contributed by atoms with Gasteiger partial charge in [-0.3, -0.25) is 0 Å². The monoisotopic (exact) mass is 472 g/mol. The molecule has 6 nitrogen and oxygen atoms in total. The van der Waals surface area contributed by atoms with E-state index in [-0.39, 0.29) is 0 Å². The molecule has 157 valence electrons. The molecule has 0 aromatic heterocycles. The van der Waals surface area contributed by atoms with Crippen LogP contribution in [0.1, 0.15) is 12.0 Å². The average molecular weight is 473 g/mol. The van der Waals surface area contributed by atoms with E-state index in [0.29, 0.717) is 12.2 Å². The number of rotatable bonds is 6. The van der Waals surface area contributed by atoms with Crippen molar-refractivity contribution in [2.45, 2.75) is 38.7 Å². The fraction of sp³-hybridized carbons (Fsp3) is 0.350. The van der Waals surface area contributed by atoms with Gasteiger partial charge >= 0.3 is 36.4 Å². The molecule has 1 saturated heterocycles. The summed E-state index contributed by atoms with van der Waals surface area (Å²) < 4.78 is 30.2. The molecule has 0 atom stereocenters. The molecule has 0 spiro atoms. The Morgan fingerprint density at radius 1 is 0.867 bits per heavy atom. The van der Waals surface area contributed by atoms with E-state index in [2.05, 4.69) is 12.6 Å². The minimum atomic E-state index is -2.32. The van der Waals surface area contributed by atoms with Gasteiger partial charge in [0, 0.05) is 0 Å². The molecule has 1 aliphatic rings. The smallest absolute Gasteiger partial charge is 0.362 e. The highest BCUT2D eigenvalue weighted by molar-refractivity contribution is 6.81. The summed E-state index contributed by atoms with van der Waals surface area (Å²) in [5.41, 5.74) is 2.83. The van der Waals surface area contributed by atoms with Crippen LogP contribution >= 0.6 is 0 Å². The summed E-state index contributed by atoms with van der Waals surface area (Å²) in [6.07, 6.45) is 0.855. The zero-order valence-electron chi connectivity index (χ0n) is 17.7. The van der Waals surface area contributed by atoms with E-state index in [0.717, 1.165) is 29.3 Å². The Labute approximate surface area is 185 Å². The summed E-state index contributed by atoms with van der Waals surface area (Å²) >= 11 is 0. The summed E-state index contributed by atoms with van der Waals surface area (Å²) in [6, 6.07) is 18.6. The lowest BCUT2D eigenvalue weighted by Crippen LogP contribution is -2.53. The van der Waals surface area contributed by atoms with Gasteiger partial charge in [-0.25, -0.2) is 0 Å². The number of benzene rings is 2. The molecule has 30 heavy (non-hydrogen) atoms. The number of hydrogen-bond donors (Lipinski definition) is 0. The van der Waals surface area contributed by atoms with Gasteiger partial charge in [-0.15, -0.1) is 0 Å². The minimum Gasteiger partial charge on any atom is -0.494 e. The zero-order chi connectivity index (χ0) is 21.6. The molecule has 0 amide bonds. The number of nitriles is 1. The first-order chi connectivity index (χ1) is 14.4. The Balaban J connectivity index is 1.49. The van der Waals surface area contributed by atoms with Crippen LogP contribution in [-0.4, -0.2) is 43.0 Å². The second kappa shape index (κ2) is 10.6. The van der Waals surface area contributed by atoms with Crippen LogP contribution in [0.15, 0.2) is 48.5 Å². The lowest BCUT2D eigenvalue weighted by atomic mass is 10.0.